The zero-order valence-corrected chi connectivity index (χ0v) is 22.9. The van der Waals surface area contributed by atoms with Crippen molar-refractivity contribution in [2.24, 2.45) is 5.10 Å². The van der Waals surface area contributed by atoms with Gasteiger partial charge in [-0.3, -0.25) is 14.9 Å². The summed E-state index contributed by atoms with van der Waals surface area (Å²) in [4.78, 5) is 28.4. The molecule has 0 aliphatic rings. The molecule has 0 aliphatic carbocycles. The molecule has 0 radical (unpaired) electrons. The van der Waals surface area contributed by atoms with Crippen molar-refractivity contribution in [3.8, 4) is 5.75 Å². The third-order valence-electron chi connectivity index (χ3n) is 5.30. The van der Waals surface area contributed by atoms with Gasteiger partial charge in [0.25, 0.3) is 11.2 Å². The Kier molecular flexibility index (Phi) is 7.37. The summed E-state index contributed by atoms with van der Waals surface area (Å²) in [6.07, 6.45) is 1.60. The lowest BCUT2D eigenvalue weighted by Crippen LogP contribution is -2.29. The Bertz CT molecular complexity index is 1540. The Morgan fingerprint density at radius 1 is 1.08 bits per heavy atom. The second kappa shape index (κ2) is 10.3. The van der Waals surface area contributed by atoms with E-state index >= 15 is 0 Å². The predicted molar refractivity (Wildman–Crippen MR) is 147 cm³/mol. The molecule has 0 spiro atoms. The van der Waals surface area contributed by atoms with E-state index in [0.717, 1.165) is 15.6 Å². The van der Waals surface area contributed by atoms with Crippen LogP contribution < -0.4 is 10.3 Å². The van der Waals surface area contributed by atoms with Crippen molar-refractivity contribution in [2.75, 3.05) is 0 Å². The van der Waals surface area contributed by atoms with E-state index in [0.29, 0.717) is 26.9 Å². The summed E-state index contributed by atoms with van der Waals surface area (Å²) >= 11 is 6.93. The molecule has 184 valence electrons. The maximum Gasteiger partial charge on any atom is 0.282 e. The van der Waals surface area contributed by atoms with E-state index in [9.17, 15) is 14.9 Å². The molecule has 0 saturated heterocycles. The lowest BCUT2D eigenvalue weighted by atomic mass is 9.95. The molecule has 0 aliphatic heterocycles. The van der Waals surface area contributed by atoms with E-state index in [2.05, 4.69) is 37.0 Å². The highest BCUT2D eigenvalue weighted by atomic mass is 79.9. The molecule has 0 atom stereocenters. The zero-order valence-electron chi connectivity index (χ0n) is 19.7. The smallest absolute Gasteiger partial charge is 0.282 e. The van der Waals surface area contributed by atoms with Crippen LogP contribution in [0.1, 0.15) is 37.7 Å². The van der Waals surface area contributed by atoms with Gasteiger partial charge in [-0.2, -0.15) is 9.78 Å². The number of rotatable bonds is 6. The minimum Gasteiger partial charge on any atom is -0.488 e. The number of aromatic nitrogens is 2. The van der Waals surface area contributed by atoms with Gasteiger partial charge in [0, 0.05) is 22.0 Å². The molecule has 0 fully saturated rings. The van der Waals surface area contributed by atoms with Gasteiger partial charge in [-0.05, 0) is 75.6 Å². The fourth-order valence-electron chi connectivity index (χ4n) is 3.46. The molecule has 0 saturated carbocycles. The highest BCUT2D eigenvalue weighted by molar-refractivity contribution is 9.10. The van der Waals surface area contributed by atoms with Crippen molar-refractivity contribution in [1.29, 1.82) is 0 Å². The Labute approximate surface area is 224 Å². The number of non-ortho nitro benzene ring substituents is 1. The Morgan fingerprint density at radius 2 is 1.81 bits per heavy atom. The maximum absolute atomic E-state index is 13.3. The van der Waals surface area contributed by atoms with Gasteiger partial charge < -0.3 is 4.74 Å². The molecule has 0 unspecified atom stereocenters. The van der Waals surface area contributed by atoms with Gasteiger partial charge in [-0.15, -0.1) is 0 Å². The average molecular weight is 614 g/mol. The summed E-state index contributed by atoms with van der Waals surface area (Å²) in [7, 11) is 0. The molecule has 4 rings (SSSR count). The van der Waals surface area contributed by atoms with Gasteiger partial charge in [-0.1, -0.05) is 36.7 Å². The SMILES string of the molecule is CC(C)(C)c1nc2ccc(Br)cc2c(=O)n1N=Cc1ccc(OCc2ccc([N+](=O)[O-])cc2)c(Br)c1. The summed E-state index contributed by atoms with van der Waals surface area (Å²) in [5.41, 5.74) is 1.56. The van der Waals surface area contributed by atoms with Crippen LogP contribution in [0, 0.1) is 10.1 Å². The quantitative estimate of drug-likeness (QED) is 0.139. The molecule has 4 aromatic rings. The molecular weight excluding hydrogens is 592 g/mol. The van der Waals surface area contributed by atoms with Gasteiger partial charge in [0.1, 0.15) is 18.2 Å². The van der Waals surface area contributed by atoms with Crippen LogP contribution in [0.4, 0.5) is 5.69 Å². The lowest BCUT2D eigenvalue weighted by molar-refractivity contribution is -0.384. The van der Waals surface area contributed by atoms with Crippen molar-refractivity contribution < 1.29 is 9.66 Å². The highest BCUT2D eigenvalue weighted by Gasteiger charge is 2.23. The Morgan fingerprint density at radius 3 is 2.44 bits per heavy atom. The van der Waals surface area contributed by atoms with Crippen LogP contribution in [-0.4, -0.2) is 20.8 Å². The largest absolute Gasteiger partial charge is 0.488 e. The predicted octanol–water partition coefficient (Wildman–Crippen LogP) is 6.59. The summed E-state index contributed by atoms with van der Waals surface area (Å²) in [5, 5.41) is 15.8. The molecule has 0 N–H and O–H groups in total. The molecule has 0 amide bonds. The maximum atomic E-state index is 13.3. The number of halogens is 2. The molecule has 1 aromatic heterocycles. The van der Waals surface area contributed by atoms with E-state index < -0.39 is 10.3 Å². The first-order valence-electron chi connectivity index (χ1n) is 11.0. The van der Waals surface area contributed by atoms with Crippen LogP contribution in [0.3, 0.4) is 0 Å². The lowest BCUT2D eigenvalue weighted by Gasteiger charge is -2.20. The average Bonchev–Trinajstić information content (AvgIpc) is 2.82. The minimum atomic E-state index is -0.438. The number of nitro benzene ring substituents is 1. The van der Waals surface area contributed by atoms with Crippen molar-refractivity contribution >= 4 is 54.7 Å². The normalized spacial score (nSPS) is 11.8. The number of hydrogen-bond acceptors (Lipinski definition) is 6. The van der Waals surface area contributed by atoms with Crippen LogP contribution in [0.25, 0.3) is 10.9 Å². The third kappa shape index (κ3) is 5.71. The minimum absolute atomic E-state index is 0.0338. The number of fused-ring (bicyclic) bond motifs is 1. The first-order valence-corrected chi connectivity index (χ1v) is 12.5. The summed E-state index contributed by atoms with van der Waals surface area (Å²) in [6, 6.07) is 17.1. The third-order valence-corrected chi connectivity index (χ3v) is 6.41. The van der Waals surface area contributed by atoms with Gasteiger partial charge in [0.2, 0.25) is 0 Å². The molecule has 0 bridgehead atoms. The Balaban J connectivity index is 1.59. The van der Waals surface area contributed by atoms with Crippen molar-refractivity contribution in [1.82, 2.24) is 9.66 Å². The second-order valence-electron chi connectivity index (χ2n) is 9.11. The fraction of sp³-hybridized carbons (Fsp3) is 0.192. The summed E-state index contributed by atoms with van der Waals surface area (Å²) in [6.45, 7) is 6.21. The number of hydrogen-bond donors (Lipinski definition) is 0. The molecular formula is C26H22Br2N4O4. The van der Waals surface area contributed by atoms with Crippen LogP contribution in [0.5, 0.6) is 5.75 Å². The number of ether oxygens (including phenoxy) is 1. The second-order valence-corrected chi connectivity index (χ2v) is 10.9. The van der Waals surface area contributed by atoms with Gasteiger partial charge in [0.15, 0.2) is 0 Å². The zero-order chi connectivity index (χ0) is 26.0. The van der Waals surface area contributed by atoms with Crippen molar-refractivity contribution in [3.63, 3.8) is 0 Å². The number of benzene rings is 3. The molecule has 10 heteroatoms. The monoisotopic (exact) mass is 612 g/mol. The number of nitro groups is 1. The molecule has 8 nitrogen and oxygen atoms in total. The Hall–Kier alpha value is -3.37. The van der Waals surface area contributed by atoms with Crippen LogP contribution in [-0.2, 0) is 12.0 Å². The van der Waals surface area contributed by atoms with Crippen molar-refractivity contribution in [2.45, 2.75) is 32.8 Å². The number of nitrogens with zero attached hydrogens (tertiary/aromatic N) is 4. The van der Waals surface area contributed by atoms with Gasteiger partial charge in [-0.25, -0.2) is 4.98 Å². The summed E-state index contributed by atoms with van der Waals surface area (Å²) in [5.74, 6) is 1.16. The van der Waals surface area contributed by atoms with E-state index in [-0.39, 0.29) is 17.9 Å². The first kappa shape index (κ1) is 25.7. The molecule has 36 heavy (non-hydrogen) atoms. The van der Waals surface area contributed by atoms with Crippen molar-refractivity contribution in [3.05, 3.63) is 107 Å². The summed E-state index contributed by atoms with van der Waals surface area (Å²) < 4.78 is 8.70. The van der Waals surface area contributed by atoms with Crippen LogP contribution in [0.15, 0.2) is 79.5 Å². The van der Waals surface area contributed by atoms with Gasteiger partial charge in [0.05, 0.1) is 26.5 Å². The van der Waals surface area contributed by atoms with E-state index in [1.165, 1.54) is 16.8 Å². The van der Waals surface area contributed by atoms with Gasteiger partial charge >= 0.3 is 0 Å². The highest BCUT2D eigenvalue weighted by Crippen LogP contribution is 2.27. The standard InChI is InChI=1S/C26H22Br2N4O4/c1-26(2,3)25-30-22-10-7-18(27)13-20(22)24(33)31(25)29-14-17-6-11-23(21(28)12-17)36-15-16-4-8-19(9-5-16)32(34)35/h4-14H,15H2,1-3H3. The van der Waals surface area contributed by atoms with E-state index in [1.54, 1.807) is 30.5 Å². The molecule has 3 aromatic carbocycles. The molecule has 1 heterocycles. The van der Waals surface area contributed by atoms with Crippen LogP contribution >= 0.6 is 31.9 Å². The topological polar surface area (TPSA) is 99.6 Å². The fourth-order valence-corrected chi connectivity index (χ4v) is 4.33. The first-order chi connectivity index (χ1) is 17.0. The van der Waals surface area contributed by atoms with Crippen LogP contribution in [0.2, 0.25) is 0 Å². The van der Waals surface area contributed by atoms with E-state index in [1.807, 2.05) is 45.0 Å². The van der Waals surface area contributed by atoms with E-state index in [4.69, 9.17) is 9.72 Å².